The van der Waals surface area contributed by atoms with E-state index in [0.717, 1.165) is 26.1 Å². The lowest BCUT2D eigenvalue weighted by Gasteiger charge is -2.30. The highest BCUT2D eigenvalue weighted by atomic mass is 16.7. The molecule has 0 aliphatic carbocycles. The van der Waals surface area contributed by atoms with Crippen LogP contribution in [0.25, 0.3) is 0 Å². The summed E-state index contributed by atoms with van der Waals surface area (Å²) >= 11 is 0. The molecule has 3 unspecified atom stereocenters. The van der Waals surface area contributed by atoms with Gasteiger partial charge >= 0.3 is 5.97 Å². The summed E-state index contributed by atoms with van der Waals surface area (Å²) < 4.78 is 11.5. The molecule has 0 bridgehead atoms. The van der Waals surface area contributed by atoms with Crippen molar-refractivity contribution in [2.45, 2.75) is 38.6 Å². The quantitative estimate of drug-likeness (QED) is 0.796. The van der Waals surface area contributed by atoms with Gasteiger partial charge in [0.2, 0.25) is 0 Å². The Morgan fingerprint density at radius 1 is 1.59 bits per heavy atom. The zero-order valence-corrected chi connectivity index (χ0v) is 10.5. The molecule has 0 amide bonds. The fourth-order valence-electron chi connectivity index (χ4n) is 2.71. The maximum atomic E-state index is 10.6. The van der Waals surface area contributed by atoms with Gasteiger partial charge in [0, 0.05) is 12.5 Å². The van der Waals surface area contributed by atoms with Crippen LogP contribution < -0.4 is 0 Å². The second-order valence-corrected chi connectivity index (χ2v) is 5.04. The van der Waals surface area contributed by atoms with Gasteiger partial charge in [0.15, 0.2) is 5.79 Å². The molecule has 1 N–H and O–H groups in total. The molecule has 2 rings (SSSR count). The van der Waals surface area contributed by atoms with Gasteiger partial charge in [-0.1, -0.05) is 6.92 Å². The number of nitrogens with zero attached hydrogens (tertiary/aromatic N) is 1. The van der Waals surface area contributed by atoms with Crippen LogP contribution in [0.1, 0.15) is 26.7 Å². The number of rotatable bonds is 4. The maximum absolute atomic E-state index is 10.6. The van der Waals surface area contributed by atoms with Gasteiger partial charge in [-0.05, 0) is 26.4 Å². The molecule has 98 valence electrons. The Morgan fingerprint density at radius 3 is 2.94 bits per heavy atom. The lowest BCUT2D eigenvalue weighted by molar-refractivity contribution is -0.189. The van der Waals surface area contributed by atoms with Crippen molar-refractivity contribution in [3.05, 3.63) is 0 Å². The van der Waals surface area contributed by atoms with Crippen LogP contribution in [-0.4, -0.2) is 54.1 Å². The number of carboxylic acid groups (broad SMARTS) is 1. The number of carboxylic acids is 1. The first-order valence-electron chi connectivity index (χ1n) is 6.29. The van der Waals surface area contributed by atoms with Crippen molar-refractivity contribution in [3.63, 3.8) is 0 Å². The van der Waals surface area contributed by atoms with Crippen LogP contribution in [0.5, 0.6) is 0 Å². The topological polar surface area (TPSA) is 59.0 Å². The minimum absolute atomic E-state index is 0.0276. The van der Waals surface area contributed by atoms with Crippen molar-refractivity contribution in [1.29, 1.82) is 0 Å². The van der Waals surface area contributed by atoms with Crippen LogP contribution in [0.2, 0.25) is 0 Å². The van der Waals surface area contributed by atoms with E-state index in [9.17, 15) is 4.79 Å². The smallest absolute Gasteiger partial charge is 0.306 e. The van der Waals surface area contributed by atoms with Gasteiger partial charge in [0.1, 0.15) is 0 Å². The first-order valence-corrected chi connectivity index (χ1v) is 6.29. The van der Waals surface area contributed by atoms with Crippen LogP contribution in [-0.2, 0) is 14.3 Å². The van der Waals surface area contributed by atoms with Gasteiger partial charge in [0.05, 0.1) is 19.1 Å². The molecule has 2 fully saturated rings. The van der Waals surface area contributed by atoms with E-state index in [1.807, 2.05) is 6.92 Å². The Balaban J connectivity index is 1.90. The van der Waals surface area contributed by atoms with Crippen molar-refractivity contribution < 1.29 is 19.4 Å². The lowest BCUT2D eigenvalue weighted by atomic mass is 9.99. The van der Waals surface area contributed by atoms with Gasteiger partial charge in [-0.15, -0.1) is 0 Å². The molecule has 17 heavy (non-hydrogen) atoms. The minimum atomic E-state index is -0.829. The average Bonchev–Trinajstić information content (AvgIpc) is 2.85. The first-order chi connectivity index (χ1) is 8.03. The summed E-state index contributed by atoms with van der Waals surface area (Å²) in [6.07, 6.45) is 0.789. The van der Waals surface area contributed by atoms with Gasteiger partial charge in [-0.3, -0.25) is 4.79 Å². The van der Waals surface area contributed by atoms with Crippen LogP contribution in [0.4, 0.5) is 0 Å². The normalized spacial score (nSPS) is 38.7. The van der Waals surface area contributed by atoms with E-state index in [2.05, 4.69) is 11.8 Å². The first kappa shape index (κ1) is 12.8. The van der Waals surface area contributed by atoms with E-state index < -0.39 is 11.8 Å². The Hall–Kier alpha value is -0.650. The summed E-state index contributed by atoms with van der Waals surface area (Å²) in [5, 5.41) is 8.75. The van der Waals surface area contributed by atoms with Crippen LogP contribution >= 0.6 is 0 Å². The van der Waals surface area contributed by atoms with E-state index in [1.165, 1.54) is 0 Å². The second-order valence-electron chi connectivity index (χ2n) is 5.04. The summed E-state index contributed by atoms with van der Waals surface area (Å²) in [5.41, 5.74) is 0. The summed E-state index contributed by atoms with van der Waals surface area (Å²) in [5.74, 6) is -1.07. The number of carbonyl (C=O) groups is 1. The molecule has 2 saturated heterocycles. The molecule has 5 heteroatoms. The summed E-state index contributed by atoms with van der Waals surface area (Å²) in [7, 11) is 0. The molecule has 2 aliphatic rings. The fourth-order valence-corrected chi connectivity index (χ4v) is 2.71. The lowest BCUT2D eigenvalue weighted by Crippen LogP contribution is -2.38. The van der Waals surface area contributed by atoms with E-state index in [4.69, 9.17) is 14.6 Å². The third-order valence-electron chi connectivity index (χ3n) is 3.82. The van der Waals surface area contributed by atoms with Gasteiger partial charge in [0.25, 0.3) is 0 Å². The van der Waals surface area contributed by atoms with E-state index in [1.54, 1.807) is 0 Å². The highest BCUT2D eigenvalue weighted by Crippen LogP contribution is 2.37. The van der Waals surface area contributed by atoms with E-state index in [0.29, 0.717) is 12.5 Å². The number of likely N-dealkylation sites (tertiary alicyclic amines) is 1. The number of hydrogen-bond donors (Lipinski definition) is 1. The predicted molar refractivity (Wildman–Crippen MR) is 61.7 cm³/mol. The molecule has 2 aliphatic heterocycles. The van der Waals surface area contributed by atoms with Gasteiger partial charge in [-0.2, -0.15) is 0 Å². The van der Waals surface area contributed by atoms with Crippen molar-refractivity contribution >= 4 is 5.97 Å². The number of hydrogen-bond acceptors (Lipinski definition) is 4. The molecule has 0 spiro atoms. The van der Waals surface area contributed by atoms with Crippen LogP contribution in [0, 0.1) is 5.92 Å². The van der Waals surface area contributed by atoms with Crippen LogP contribution in [0.3, 0.4) is 0 Å². The molecule has 0 radical (unpaired) electrons. The Labute approximate surface area is 102 Å². The monoisotopic (exact) mass is 243 g/mol. The average molecular weight is 243 g/mol. The molecule has 2 heterocycles. The summed E-state index contributed by atoms with van der Waals surface area (Å²) in [6.45, 7) is 7.59. The number of ether oxygens (including phenoxy) is 2. The standard InChI is InChI=1S/C12H21NO4/c1-3-13-5-4-9(7-13)12(2)16-8-10(17-12)6-11(14)15/h9-10H,3-8H2,1-2H3,(H,14,15). The molecule has 0 aromatic heterocycles. The Morgan fingerprint density at radius 2 is 2.35 bits per heavy atom. The molecular weight excluding hydrogens is 222 g/mol. The zero-order valence-electron chi connectivity index (χ0n) is 10.5. The molecular formula is C12H21NO4. The maximum Gasteiger partial charge on any atom is 0.306 e. The van der Waals surface area contributed by atoms with Crippen molar-refractivity contribution in [2.75, 3.05) is 26.2 Å². The van der Waals surface area contributed by atoms with Crippen molar-refractivity contribution in [2.24, 2.45) is 5.92 Å². The third kappa shape index (κ3) is 2.78. The van der Waals surface area contributed by atoms with E-state index >= 15 is 0 Å². The minimum Gasteiger partial charge on any atom is -0.481 e. The molecule has 5 nitrogen and oxygen atoms in total. The van der Waals surface area contributed by atoms with Crippen molar-refractivity contribution in [3.8, 4) is 0 Å². The molecule has 0 aromatic rings. The molecule has 0 aromatic carbocycles. The zero-order chi connectivity index (χ0) is 12.5. The SMILES string of the molecule is CCN1CCC(C2(C)OCC(CC(=O)O)O2)C1. The Kier molecular flexibility index (Phi) is 3.70. The largest absolute Gasteiger partial charge is 0.481 e. The van der Waals surface area contributed by atoms with Gasteiger partial charge in [-0.25, -0.2) is 0 Å². The second kappa shape index (κ2) is 4.92. The molecule has 0 saturated carbocycles. The Bertz CT molecular complexity index is 296. The predicted octanol–water partition coefficient (Wildman–Crippen LogP) is 0.934. The summed E-state index contributed by atoms with van der Waals surface area (Å²) in [6, 6.07) is 0. The number of aliphatic carboxylic acids is 1. The highest BCUT2D eigenvalue weighted by molar-refractivity contribution is 5.67. The third-order valence-corrected chi connectivity index (χ3v) is 3.82. The molecule has 3 atom stereocenters. The van der Waals surface area contributed by atoms with Gasteiger partial charge < -0.3 is 19.5 Å². The van der Waals surface area contributed by atoms with Crippen LogP contribution in [0.15, 0.2) is 0 Å². The fraction of sp³-hybridized carbons (Fsp3) is 0.917. The van der Waals surface area contributed by atoms with Crippen molar-refractivity contribution in [1.82, 2.24) is 4.90 Å². The summed E-state index contributed by atoms with van der Waals surface area (Å²) in [4.78, 5) is 13.0. The highest BCUT2D eigenvalue weighted by Gasteiger charge is 2.46. The van der Waals surface area contributed by atoms with E-state index in [-0.39, 0.29) is 12.5 Å².